The van der Waals surface area contributed by atoms with E-state index in [4.69, 9.17) is 14.5 Å². The topological polar surface area (TPSA) is 87.2 Å². The summed E-state index contributed by atoms with van der Waals surface area (Å²) in [7, 11) is 6.99. The van der Waals surface area contributed by atoms with E-state index in [-0.39, 0.29) is 5.88 Å². The average Bonchev–Trinajstić information content (AvgIpc) is 3.17. The number of aromatic amines is 1. The number of aliphatic imine (C=N–C) groups is 1. The molecule has 1 aromatic heterocycles. The standard InChI is InChI=1S/C27H27N3O4/c1-30(2)16-19-10-12-20(15-23(19)33-3)28-25(17-8-6-5-7-9-17)24-21-13-11-18(27(32)34-4)14-22(21)29-26(24)31/h5-15,29,31H,16H2,1-4H3. The van der Waals surface area contributed by atoms with Crippen molar-refractivity contribution in [1.82, 2.24) is 9.88 Å². The molecule has 4 rings (SSSR count). The number of rotatable bonds is 7. The van der Waals surface area contributed by atoms with Gasteiger partial charge >= 0.3 is 5.97 Å². The summed E-state index contributed by atoms with van der Waals surface area (Å²) in [5.41, 5.74) is 4.73. The lowest BCUT2D eigenvalue weighted by molar-refractivity contribution is 0.0601. The zero-order chi connectivity index (χ0) is 24.2. The second kappa shape index (κ2) is 9.80. The van der Waals surface area contributed by atoms with Crippen molar-refractivity contribution >= 4 is 28.3 Å². The fraction of sp³-hybridized carbons (Fsp3) is 0.185. The van der Waals surface area contributed by atoms with Crippen LogP contribution in [-0.2, 0) is 11.3 Å². The number of nitrogens with zero attached hydrogens (tertiary/aromatic N) is 2. The van der Waals surface area contributed by atoms with E-state index in [0.29, 0.717) is 28.0 Å². The highest BCUT2D eigenvalue weighted by atomic mass is 16.5. The highest BCUT2D eigenvalue weighted by Crippen LogP contribution is 2.33. The maximum absolute atomic E-state index is 12.0. The Morgan fingerprint density at radius 3 is 2.44 bits per heavy atom. The van der Waals surface area contributed by atoms with Gasteiger partial charge in [0, 0.05) is 34.6 Å². The van der Waals surface area contributed by atoms with Gasteiger partial charge in [-0.05, 0) is 32.3 Å². The highest BCUT2D eigenvalue weighted by Gasteiger charge is 2.20. The van der Waals surface area contributed by atoms with E-state index in [1.807, 2.05) is 62.6 Å². The third-order valence-corrected chi connectivity index (χ3v) is 5.48. The van der Waals surface area contributed by atoms with Gasteiger partial charge in [-0.3, -0.25) is 0 Å². The summed E-state index contributed by atoms with van der Waals surface area (Å²) in [6, 6.07) is 20.6. The van der Waals surface area contributed by atoms with E-state index < -0.39 is 5.97 Å². The molecule has 2 N–H and O–H groups in total. The van der Waals surface area contributed by atoms with Gasteiger partial charge in [0.1, 0.15) is 5.75 Å². The Balaban J connectivity index is 1.89. The van der Waals surface area contributed by atoms with Gasteiger partial charge < -0.3 is 24.5 Å². The molecule has 4 aromatic rings. The summed E-state index contributed by atoms with van der Waals surface area (Å²) in [6.07, 6.45) is 0. The summed E-state index contributed by atoms with van der Waals surface area (Å²) in [6.45, 7) is 0.741. The number of aromatic nitrogens is 1. The first kappa shape index (κ1) is 23.1. The van der Waals surface area contributed by atoms with Gasteiger partial charge in [-0.15, -0.1) is 0 Å². The summed E-state index contributed by atoms with van der Waals surface area (Å²) < 4.78 is 10.4. The van der Waals surface area contributed by atoms with Crippen molar-refractivity contribution in [3.8, 4) is 11.6 Å². The molecule has 7 nitrogen and oxygen atoms in total. The Bertz CT molecular complexity index is 1360. The number of methoxy groups -OCH3 is 2. The number of H-pyrrole nitrogens is 1. The smallest absolute Gasteiger partial charge is 0.337 e. The van der Waals surface area contributed by atoms with Crippen LogP contribution >= 0.6 is 0 Å². The molecule has 3 aromatic carbocycles. The van der Waals surface area contributed by atoms with Crippen molar-refractivity contribution < 1.29 is 19.4 Å². The first-order chi connectivity index (χ1) is 16.4. The van der Waals surface area contributed by atoms with Crippen LogP contribution in [0.2, 0.25) is 0 Å². The lowest BCUT2D eigenvalue weighted by Gasteiger charge is -2.14. The third-order valence-electron chi connectivity index (χ3n) is 5.48. The molecule has 1 heterocycles. The molecular weight excluding hydrogens is 430 g/mol. The van der Waals surface area contributed by atoms with Crippen LogP contribution in [-0.4, -0.2) is 55.0 Å². The maximum Gasteiger partial charge on any atom is 0.337 e. The summed E-state index contributed by atoms with van der Waals surface area (Å²) in [5.74, 6) is 0.267. The lowest BCUT2D eigenvalue weighted by Crippen LogP contribution is -2.11. The highest BCUT2D eigenvalue weighted by molar-refractivity contribution is 6.22. The van der Waals surface area contributed by atoms with Crippen molar-refractivity contribution in [2.24, 2.45) is 4.99 Å². The van der Waals surface area contributed by atoms with E-state index in [2.05, 4.69) is 9.88 Å². The van der Waals surface area contributed by atoms with Crippen molar-refractivity contribution in [3.05, 3.63) is 89.0 Å². The van der Waals surface area contributed by atoms with Crippen molar-refractivity contribution in [1.29, 1.82) is 0 Å². The van der Waals surface area contributed by atoms with Crippen LogP contribution in [0.3, 0.4) is 0 Å². The summed E-state index contributed by atoms with van der Waals surface area (Å²) >= 11 is 0. The minimum atomic E-state index is -0.445. The third kappa shape index (κ3) is 4.65. The molecule has 174 valence electrons. The number of carbonyl (C=O) groups is 1. The molecule has 0 saturated heterocycles. The predicted molar refractivity (Wildman–Crippen MR) is 133 cm³/mol. The van der Waals surface area contributed by atoms with Gasteiger partial charge in [0.15, 0.2) is 5.88 Å². The van der Waals surface area contributed by atoms with Gasteiger partial charge in [-0.1, -0.05) is 42.5 Å². The minimum Gasteiger partial charge on any atom is -0.496 e. The van der Waals surface area contributed by atoms with Crippen LogP contribution in [0, 0.1) is 0 Å². The second-order valence-electron chi connectivity index (χ2n) is 8.16. The molecule has 0 radical (unpaired) electrons. The monoisotopic (exact) mass is 457 g/mol. The fourth-order valence-electron chi connectivity index (χ4n) is 3.93. The molecular formula is C27H27N3O4. The van der Waals surface area contributed by atoms with Crippen LogP contribution in [0.25, 0.3) is 10.9 Å². The lowest BCUT2D eigenvalue weighted by atomic mass is 10.00. The number of esters is 1. The molecule has 7 heteroatoms. The molecule has 0 spiro atoms. The SMILES string of the molecule is COC(=O)c1ccc2c(C(=Nc3ccc(CN(C)C)c(OC)c3)c3ccccc3)c(O)[nH]c2c1. The second-order valence-corrected chi connectivity index (χ2v) is 8.16. The molecule has 0 saturated carbocycles. The number of nitrogens with one attached hydrogen (secondary N) is 1. The number of hydrogen-bond acceptors (Lipinski definition) is 6. The van der Waals surface area contributed by atoms with Crippen LogP contribution in [0.1, 0.15) is 27.0 Å². The number of carbonyl (C=O) groups excluding carboxylic acids is 1. The molecule has 0 atom stereocenters. The van der Waals surface area contributed by atoms with E-state index in [1.165, 1.54) is 7.11 Å². The number of ether oxygens (including phenoxy) is 2. The van der Waals surface area contributed by atoms with E-state index in [0.717, 1.165) is 28.8 Å². The Hall–Kier alpha value is -4.10. The Morgan fingerprint density at radius 1 is 1.00 bits per heavy atom. The van der Waals surface area contributed by atoms with Crippen LogP contribution in [0.5, 0.6) is 11.6 Å². The molecule has 0 unspecified atom stereocenters. The Labute approximate surface area is 198 Å². The van der Waals surface area contributed by atoms with Gasteiger partial charge in [0.25, 0.3) is 0 Å². The van der Waals surface area contributed by atoms with Crippen molar-refractivity contribution in [3.63, 3.8) is 0 Å². The van der Waals surface area contributed by atoms with Gasteiger partial charge in [-0.25, -0.2) is 9.79 Å². The molecule has 0 aliphatic rings. The number of fused-ring (bicyclic) bond motifs is 1. The number of benzene rings is 3. The van der Waals surface area contributed by atoms with Gasteiger partial charge in [0.2, 0.25) is 0 Å². The predicted octanol–water partition coefficient (Wildman–Crippen LogP) is 4.90. The largest absolute Gasteiger partial charge is 0.496 e. The first-order valence-corrected chi connectivity index (χ1v) is 10.8. The first-order valence-electron chi connectivity index (χ1n) is 10.8. The molecule has 0 aliphatic heterocycles. The fourth-order valence-corrected chi connectivity index (χ4v) is 3.93. The summed E-state index contributed by atoms with van der Waals surface area (Å²) in [4.78, 5) is 21.9. The molecule has 0 aliphatic carbocycles. The molecule has 34 heavy (non-hydrogen) atoms. The van der Waals surface area contributed by atoms with E-state index in [9.17, 15) is 9.90 Å². The Kier molecular flexibility index (Phi) is 6.65. The number of aromatic hydroxyl groups is 1. The van der Waals surface area contributed by atoms with Crippen LogP contribution in [0.15, 0.2) is 71.7 Å². The van der Waals surface area contributed by atoms with Crippen molar-refractivity contribution in [2.75, 3.05) is 28.3 Å². The molecule has 0 amide bonds. The zero-order valence-electron chi connectivity index (χ0n) is 19.6. The van der Waals surface area contributed by atoms with Crippen LogP contribution in [0.4, 0.5) is 5.69 Å². The van der Waals surface area contributed by atoms with Gasteiger partial charge in [-0.2, -0.15) is 0 Å². The normalized spacial score (nSPS) is 11.7. The van der Waals surface area contributed by atoms with E-state index in [1.54, 1.807) is 25.3 Å². The molecule has 0 fully saturated rings. The maximum atomic E-state index is 12.0. The minimum absolute atomic E-state index is 0.0317. The van der Waals surface area contributed by atoms with Crippen LogP contribution < -0.4 is 4.74 Å². The Morgan fingerprint density at radius 2 is 1.76 bits per heavy atom. The average molecular weight is 458 g/mol. The quantitative estimate of drug-likeness (QED) is 0.305. The van der Waals surface area contributed by atoms with Crippen molar-refractivity contribution in [2.45, 2.75) is 6.54 Å². The number of hydrogen-bond donors (Lipinski definition) is 2. The van der Waals surface area contributed by atoms with Gasteiger partial charge in [0.05, 0.1) is 36.7 Å². The summed E-state index contributed by atoms with van der Waals surface area (Å²) in [5, 5.41) is 11.6. The zero-order valence-corrected chi connectivity index (χ0v) is 19.6. The van der Waals surface area contributed by atoms with E-state index >= 15 is 0 Å². The molecule has 0 bridgehead atoms.